The van der Waals surface area contributed by atoms with Crippen molar-refractivity contribution in [3.63, 3.8) is 0 Å². The topological polar surface area (TPSA) is 43.6 Å². The van der Waals surface area contributed by atoms with Crippen molar-refractivity contribution in [1.82, 2.24) is 19.5 Å². The molecule has 0 unspecified atom stereocenters. The molecule has 11 rings (SSSR count). The summed E-state index contributed by atoms with van der Waals surface area (Å²) >= 11 is 0. The van der Waals surface area contributed by atoms with Crippen LogP contribution in [0.15, 0.2) is 206 Å². The van der Waals surface area contributed by atoms with Crippen LogP contribution < -0.4 is 0 Å². The van der Waals surface area contributed by atoms with Gasteiger partial charge < -0.3 is 4.57 Å². The van der Waals surface area contributed by atoms with Gasteiger partial charge in [0, 0.05) is 39.6 Å². The average Bonchev–Trinajstić information content (AvgIpc) is 3.79. The predicted molar refractivity (Wildman–Crippen MR) is 232 cm³/mol. The second-order valence-corrected chi connectivity index (χ2v) is 14.7. The Morgan fingerprint density at radius 3 is 1.63 bits per heavy atom. The summed E-state index contributed by atoms with van der Waals surface area (Å²) in [7, 11) is 0. The van der Waals surface area contributed by atoms with Gasteiger partial charge >= 0.3 is 0 Å². The molecular weight excluding hydrogens is 693 g/mol. The molecular formula is C53H36N4. The molecule has 0 saturated heterocycles. The van der Waals surface area contributed by atoms with Gasteiger partial charge in [-0.2, -0.15) is 0 Å². The summed E-state index contributed by atoms with van der Waals surface area (Å²) in [6.45, 7) is 0. The number of benzene rings is 8. The van der Waals surface area contributed by atoms with Crippen LogP contribution in [0.1, 0.15) is 33.6 Å². The lowest BCUT2D eigenvalue weighted by atomic mass is 9.67. The molecule has 0 fully saturated rings. The lowest BCUT2D eigenvalue weighted by Gasteiger charge is -2.33. The average molecular weight is 729 g/mol. The molecule has 0 radical (unpaired) electrons. The SMILES string of the molecule is c1ccc(-c2nc(Cc3ccccc3-n3c4ccccc4c4ccc5c(c43)-c3ccccc3C5(c3ccccc3)c3ccccc3)nc(-c3ccccc3)n2)cc1. The van der Waals surface area contributed by atoms with Crippen LogP contribution in [0.25, 0.3) is 61.4 Å². The number of hydrogen-bond acceptors (Lipinski definition) is 3. The third-order valence-corrected chi connectivity index (χ3v) is 11.6. The summed E-state index contributed by atoms with van der Waals surface area (Å²) in [5.74, 6) is 2.06. The zero-order chi connectivity index (χ0) is 37.8. The standard InChI is InChI=1S/C53H36N4/c1-5-19-36(20-6-1)51-54-48(55-52(56-51)37-21-7-2-8-22-37)35-38-23-13-17-31-46(38)57-47-32-18-15-28-41(47)42-33-34-45-49(50(42)57)43-29-14-16-30-44(43)53(45,39-24-9-3-10-25-39)40-26-11-4-12-27-40/h1-34H,35H2. The van der Waals surface area contributed by atoms with Crippen LogP contribution in [-0.4, -0.2) is 19.5 Å². The fourth-order valence-electron chi connectivity index (χ4n) is 9.21. The van der Waals surface area contributed by atoms with Gasteiger partial charge in [-0.3, -0.25) is 0 Å². The fourth-order valence-corrected chi connectivity index (χ4v) is 9.21. The molecule has 2 aromatic heterocycles. The van der Waals surface area contributed by atoms with Crippen LogP contribution in [0.5, 0.6) is 0 Å². The Balaban J connectivity index is 1.18. The van der Waals surface area contributed by atoms with Gasteiger partial charge in [-0.15, -0.1) is 0 Å². The van der Waals surface area contributed by atoms with Crippen molar-refractivity contribution in [3.05, 3.63) is 240 Å². The summed E-state index contributed by atoms with van der Waals surface area (Å²) in [5.41, 5.74) is 13.6. The number of nitrogens with zero attached hydrogens (tertiary/aromatic N) is 4. The first-order valence-corrected chi connectivity index (χ1v) is 19.5. The van der Waals surface area contributed by atoms with Crippen molar-refractivity contribution < 1.29 is 0 Å². The second-order valence-electron chi connectivity index (χ2n) is 14.7. The zero-order valence-corrected chi connectivity index (χ0v) is 31.1. The maximum atomic E-state index is 5.11. The molecule has 1 aliphatic rings. The Labute approximate surface area is 331 Å². The van der Waals surface area contributed by atoms with Crippen LogP contribution in [-0.2, 0) is 11.8 Å². The maximum absolute atomic E-state index is 5.11. The first-order chi connectivity index (χ1) is 28.3. The van der Waals surface area contributed by atoms with Crippen LogP contribution in [0, 0.1) is 0 Å². The van der Waals surface area contributed by atoms with Gasteiger partial charge in [0.15, 0.2) is 11.6 Å². The van der Waals surface area contributed by atoms with E-state index in [-0.39, 0.29) is 0 Å². The van der Waals surface area contributed by atoms with Crippen molar-refractivity contribution in [2.75, 3.05) is 0 Å². The Kier molecular flexibility index (Phi) is 7.75. The first kappa shape index (κ1) is 33.0. The molecule has 268 valence electrons. The minimum absolute atomic E-state index is 0.504. The molecule has 0 saturated carbocycles. The van der Waals surface area contributed by atoms with Crippen LogP contribution in [0.4, 0.5) is 0 Å². The van der Waals surface area contributed by atoms with E-state index in [0.29, 0.717) is 18.1 Å². The van der Waals surface area contributed by atoms with E-state index in [1.54, 1.807) is 0 Å². The smallest absolute Gasteiger partial charge is 0.163 e. The van der Waals surface area contributed by atoms with Gasteiger partial charge in [-0.1, -0.05) is 194 Å². The molecule has 0 aliphatic heterocycles. The molecule has 8 aromatic carbocycles. The van der Waals surface area contributed by atoms with E-state index >= 15 is 0 Å². The number of rotatable bonds is 7. The first-order valence-electron chi connectivity index (χ1n) is 19.5. The highest BCUT2D eigenvalue weighted by atomic mass is 15.0. The highest BCUT2D eigenvalue weighted by Crippen LogP contribution is 2.58. The van der Waals surface area contributed by atoms with Crippen molar-refractivity contribution in [1.29, 1.82) is 0 Å². The summed E-state index contributed by atoms with van der Waals surface area (Å²) < 4.78 is 2.50. The molecule has 57 heavy (non-hydrogen) atoms. The lowest BCUT2D eigenvalue weighted by molar-refractivity contribution is 0.769. The molecule has 0 amide bonds. The van der Waals surface area contributed by atoms with Crippen molar-refractivity contribution in [2.45, 2.75) is 11.8 Å². The van der Waals surface area contributed by atoms with E-state index in [1.807, 2.05) is 36.4 Å². The van der Waals surface area contributed by atoms with E-state index < -0.39 is 5.41 Å². The maximum Gasteiger partial charge on any atom is 0.163 e. The van der Waals surface area contributed by atoms with Gasteiger partial charge in [0.2, 0.25) is 0 Å². The molecule has 4 heteroatoms. The predicted octanol–water partition coefficient (Wildman–Crippen LogP) is 12.3. The third-order valence-electron chi connectivity index (χ3n) is 11.6. The molecule has 0 N–H and O–H groups in total. The Bertz CT molecular complexity index is 2980. The molecule has 4 nitrogen and oxygen atoms in total. The molecule has 0 spiro atoms. The summed E-state index contributed by atoms with van der Waals surface area (Å²) in [4.78, 5) is 15.2. The Hall–Kier alpha value is -7.43. The van der Waals surface area contributed by atoms with E-state index in [0.717, 1.165) is 33.7 Å². The summed E-state index contributed by atoms with van der Waals surface area (Å²) in [6, 6.07) is 73.7. The highest BCUT2D eigenvalue weighted by Gasteiger charge is 2.47. The molecule has 1 aliphatic carbocycles. The minimum atomic E-state index is -0.504. The largest absolute Gasteiger partial charge is 0.308 e. The van der Waals surface area contributed by atoms with Gasteiger partial charge in [0.1, 0.15) is 5.82 Å². The van der Waals surface area contributed by atoms with Crippen molar-refractivity contribution in [3.8, 4) is 39.6 Å². The van der Waals surface area contributed by atoms with Crippen LogP contribution in [0.3, 0.4) is 0 Å². The second kappa shape index (κ2) is 13.4. The fraction of sp³-hybridized carbons (Fsp3) is 0.0377. The van der Waals surface area contributed by atoms with Crippen molar-refractivity contribution >= 4 is 21.8 Å². The number of fused-ring (bicyclic) bond motifs is 7. The van der Waals surface area contributed by atoms with E-state index in [9.17, 15) is 0 Å². The van der Waals surface area contributed by atoms with E-state index in [4.69, 9.17) is 15.0 Å². The molecule has 0 bridgehead atoms. The highest BCUT2D eigenvalue weighted by molar-refractivity contribution is 6.16. The van der Waals surface area contributed by atoms with E-state index in [1.165, 1.54) is 49.7 Å². The number of para-hydroxylation sites is 2. The number of aromatic nitrogens is 4. The molecule has 2 heterocycles. The summed E-state index contributed by atoms with van der Waals surface area (Å²) in [5, 5.41) is 2.45. The van der Waals surface area contributed by atoms with Gasteiger partial charge in [-0.25, -0.2) is 15.0 Å². The minimum Gasteiger partial charge on any atom is -0.308 e. The zero-order valence-electron chi connectivity index (χ0n) is 31.1. The molecule has 10 aromatic rings. The van der Waals surface area contributed by atoms with Crippen LogP contribution >= 0.6 is 0 Å². The van der Waals surface area contributed by atoms with E-state index in [2.05, 4.69) is 174 Å². The normalized spacial score (nSPS) is 12.8. The Morgan fingerprint density at radius 2 is 0.965 bits per heavy atom. The van der Waals surface area contributed by atoms with Crippen LogP contribution in [0.2, 0.25) is 0 Å². The number of hydrogen-bond donors (Lipinski definition) is 0. The lowest BCUT2D eigenvalue weighted by Crippen LogP contribution is -2.28. The van der Waals surface area contributed by atoms with Crippen molar-refractivity contribution in [2.24, 2.45) is 0 Å². The summed E-state index contributed by atoms with van der Waals surface area (Å²) in [6.07, 6.45) is 0.524. The molecule has 0 atom stereocenters. The quantitative estimate of drug-likeness (QED) is 0.164. The monoisotopic (exact) mass is 728 g/mol. The Morgan fingerprint density at radius 1 is 0.421 bits per heavy atom. The third kappa shape index (κ3) is 5.18. The van der Waals surface area contributed by atoms with Gasteiger partial charge in [-0.05, 0) is 45.5 Å². The van der Waals surface area contributed by atoms with Gasteiger partial charge in [0.25, 0.3) is 0 Å². The van der Waals surface area contributed by atoms with Gasteiger partial charge in [0.05, 0.1) is 16.4 Å².